The molecule has 1 amide bonds. The van der Waals surface area contributed by atoms with Crippen LogP contribution in [0.3, 0.4) is 0 Å². The molecule has 1 N–H and O–H groups in total. The summed E-state index contributed by atoms with van der Waals surface area (Å²) >= 11 is 0. The second-order valence-corrected chi connectivity index (χ2v) is 9.52. The maximum Gasteiger partial charge on any atom is 0.407 e. The molecule has 0 heterocycles. The molecular formula is C20H21F16NO3. The van der Waals surface area contributed by atoms with Crippen molar-refractivity contribution in [3.8, 4) is 0 Å². The van der Waals surface area contributed by atoms with Crippen molar-refractivity contribution in [3.05, 3.63) is 11.6 Å². The molecule has 1 rings (SSSR count). The standard InChI is InChI=1S/C11H7F16NO2.C9H14O/c12-3(13)8(20,21)10(24,25)6(16,17)1-28(5(29)30)2-7(18,19)11(26,27)9(22,23)4(14)15;1-7-4-8(10)6-9(2,3)5-7/h3-4H,1-2H2,(H,29,30);4H,5-6H2,1-3H3. The topological polar surface area (TPSA) is 57.6 Å². The number of carboxylic acid groups (broad SMARTS) is 1. The Bertz CT molecular complexity index is 900. The van der Waals surface area contributed by atoms with E-state index < -0.39 is 72.5 Å². The second-order valence-electron chi connectivity index (χ2n) is 9.52. The van der Waals surface area contributed by atoms with Gasteiger partial charge in [0.25, 0.3) is 0 Å². The van der Waals surface area contributed by atoms with Crippen LogP contribution in [0, 0.1) is 5.41 Å². The van der Waals surface area contributed by atoms with Crippen LogP contribution < -0.4 is 0 Å². The molecule has 236 valence electrons. The van der Waals surface area contributed by atoms with Crippen LogP contribution in [-0.4, -0.2) is 83.4 Å². The van der Waals surface area contributed by atoms with Gasteiger partial charge in [-0.2, -0.15) is 52.7 Å². The summed E-state index contributed by atoms with van der Waals surface area (Å²) in [5, 5.41) is 8.35. The number of hydrogen-bond acceptors (Lipinski definition) is 2. The number of halogens is 16. The molecule has 0 aromatic rings. The van der Waals surface area contributed by atoms with Crippen LogP contribution in [0.5, 0.6) is 0 Å². The van der Waals surface area contributed by atoms with E-state index in [9.17, 15) is 79.8 Å². The maximum absolute atomic E-state index is 13.3. The van der Waals surface area contributed by atoms with E-state index in [-0.39, 0.29) is 11.2 Å². The number of nitrogens with zero attached hydrogens (tertiary/aromatic N) is 1. The molecule has 0 spiro atoms. The summed E-state index contributed by atoms with van der Waals surface area (Å²) in [5.41, 5.74) is 1.43. The van der Waals surface area contributed by atoms with E-state index in [1.54, 1.807) is 6.08 Å². The predicted octanol–water partition coefficient (Wildman–Crippen LogP) is 7.63. The minimum atomic E-state index is -7.16. The molecule has 4 nitrogen and oxygen atoms in total. The number of carbonyl (C=O) groups is 2. The molecule has 0 fully saturated rings. The first-order valence-corrected chi connectivity index (χ1v) is 10.4. The summed E-state index contributed by atoms with van der Waals surface area (Å²) in [6, 6.07) is 0. The summed E-state index contributed by atoms with van der Waals surface area (Å²) in [6.07, 6.45) is -10.8. The average Bonchev–Trinajstić information content (AvgIpc) is 2.70. The molecular weight excluding hydrogens is 606 g/mol. The largest absolute Gasteiger partial charge is 0.465 e. The number of amides is 1. The lowest BCUT2D eigenvalue weighted by atomic mass is 9.77. The van der Waals surface area contributed by atoms with Crippen molar-refractivity contribution in [3.63, 3.8) is 0 Å². The highest BCUT2D eigenvalue weighted by atomic mass is 19.4. The number of ketones is 1. The molecule has 0 saturated carbocycles. The Morgan fingerprint density at radius 1 is 0.800 bits per heavy atom. The van der Waals surface area contributed by atoms with Gasteiger partial charge in [0, 0.05) is 6.42 Å². The summed E-state index contributed by atoms with van der Waals surface area (Å²) in [5.74, 6) is -41.1. The van der Waals surface area contributed by atoms with Gasteiger partial charge in [0.15, 0.2) is 5.78 Å². The minimum absolute atomic E-state index is 0.204. The molecule has 0 bridgehead atoms. The molecule has 0 atom stereocenters. The van der Waals surface area contributed by atoms with Gasteiger partial charge < -0.3 is 5.11 Å². The summed E-state index contributed by atoms with van der Waals surface area (Å²) in [4.78, 5) is 19.7. The molecule has 0 aromatic carbocycles. The molecule has 0 unspecified atom stereocenters. The van der Waals surface area contributed by atoms with E-state index in [1.807, 2.05) is 6.92 Å². The van der Waals surface area contributed by atoms with Gasteiger partial charge in [-0.1, -0.05) is 19.4 Å². The molecule has 20 heteroatoms. The summed E-state index contributed by atoms with van der Waals surface area (Å²) in [7, 11) is 0. The Labute approximate surface area is 215 Å². The van der Waals surface area contributed by atoms with Gasteiger partial charge in [0.2, 0.25) is 0 Å². The lowest BCUT2D eigenvalue weighted by Gasteiger charge is -2.37. The van der Waals surface area contributed by atoms with Crippen molar-refractivity contribution >= 4 is 11.9 Å². The van der Waals surface area contributed by atoms with Gasteiger partial charge in [-0.15, -0.1) is 0 Å². The van der Waals surface area contributed by atoms with Crippen LogP contribution in [0.2, 0.25) is 0 Å². The summed E-state index contributed by atoms with van der Waals surface area (Å²) in [6.45, 7) is -0.908. The van der Waals surface area contributed by atoms with E-state index >= 15 is 0 Å². The van der Waals surface area contributed by atoms with Gasteiger partial charge in [-0.3, -0.25) is 9.69 Å². The number of alkyl halides is 16. The Morgan fingerprint density at radius 3 is 1.35 bits per heavy atom. The van der Waals surface area contributed by atoms with Crippen LogP contribution in [0.25, 0.3) is 0 Å². The first kappa shape index (κ1) is 37.6. The van der Waals surface area contributed by atoms with E-state index in [1.165, 1.54) is 5.57 Å². The van der Waals surface area contributed by atoms with E-state index in [0.29, 0.717) is 6.42 Å². The van der Waals surface area contributed by atoms with Crippen LogP contribution in [0.1, 0.15) is 33.6 Å². The number of allylic oxidation sites excluding steroid dienone is 2. The van der Waals surface area contributed by atoms with Crippen LogP contribution in [0.15, 0.2) is 11.6 Å². The Morgan fingerprint density at radius 2 is 1.12 bits per heavy atom. The molecule has 1 aliphatic rings. The second kappa shape index (κ2) is 11.8. The van der Waals surface area contributed by atoms with Crippen molar-refractivity contribution in [2.45, 2.75) is 82.0 Å². The van der Waals surface area contributed by atoms with Crippen LogP contribution in [0.4, 0.5) is 75.0 Å². The van der Waals surface area contributed by atoms with Crippen LogP contribution >= 0.6 is 0 Å². The fourth-order valence-corrected chi connectivity index (χ4v) is 3.30. The Kier molecular flexibility index (Phi) is 11.1. The number of carbonyl (C=O) groups excluding carboxylic acids is 1. The third-order valence-electron chi connectivity index (χ3n) is 5.17. The van der Waals surface area contributed by atoms with Gasteiger partial charge >= 0.3 is 54.5 Å². The Hall–Kier alpha value is -2.44. The molecule has 1 aliphatic carbocycles. The van der Waals surface area contributed by atoms with Crippen molar-refractivity contribution in [1.82, 2.24) is 4.90 Å². The van der Waals surface area contributed by atoms with E-state index in [2.05, 4.69) is 13.8 Å². The average molecular weight is 627 g/mol. The minimum Gasteiger partial charge on any atom is -0.465 e. The molecule has 0 aromatic heterocycles. The highest BCUT2D eigenvalue weighted by molar-refractivity contribution is 5.91. The third kappa shape index (κ3) is 7.85. The van der Waals surface area contributed by atoms with Gasteiger partial charge in [0.05, 0.1) is 13.1 Å². The molecule has 40 heavy (non-hydrogen) atoms. The maximum atomic E-state index is 13.3. The third-order valence-corrected chi connectivity index (χ3v) is 5.17. The fourth-order valence-electron chi connectivity index (χ4n) is 3.30. The predicted molar refractivity (Wildman–Crippen MR) is 103 cm³/mol. The highest BCUT2D eigenvalue weighted by Crippen LogP contribution is 2.51. The lowest BCUT2D eigenvalue weighted by Crippen LogP contribution is -2.64. The van der Waals surface area contributed by atoms with Crippen molar-refractivity contribution < 1.29 is 84.9 Å². The monoisotopic (exact) mass is 627 g/mol. The quantitative estimate of drug-likeness (QED) is 0.254. The normalized spacial score (nSPS) is 17.4. The van der Waals surface area contributed by atoms with Gasteiger partial charge in [-0.25, -0.2) is 22.4 Å². The number of rotatable bonds is 10. The zero-order valence-corrected chi connectivity index (χ0v) is 20.3. The first-order valence-electron chi connectivity index (χ1n) is 10.4. The number of hydrogen-bond donors (Lipinski definition) is 1. The molecule has 0 radical (unpaired) electrons. The van der Waals surface area contributed by atoms with Gasteiger partial charge in [-0.05, 0) is 24.8 Å². The summed E-state index contributed by atoms with van der Waals surface area (Å²) < 4.78 is 204. The highest BCUT2D eigenvalue weighted by Gasteiger charge is 2.78. The van der Waals surface area contributed by atoms with Crippen molar-refractivity contribution in [1.29, 1.82) is 0 Å². The SMILES string of the molecule is CC1=CC(=O)CC(C)(C)C1.O=C(O)N(CC(F)(F)C(F)(F)C(F)(F)C(F)F)CC(F)(F)C(F)(F)C(F)(F)C(F)F. The lowest BCUT2D eigenvalue weighted by molar-refractivity contribution is -0.348. The van der Waals surface area contributed by atoms with Crippen LogP contribution in [-0.2, 0) is 4.79 Å². The molecule has 0 saturated heterocycles. The smallest absolute Gasteiger partial charge is 0.407 e. The molecule has 0 aliphatic heterocycles. The van der Waals surface area contributed by atoms with Crippen molar-refractivity contribution in [2.75, 3.05) is 13.1 Å². The Balaban J connectivity index is 0.00000126. The van der Waals surface area contributed by atoms with E-state index in [4.69, 9.17) is 5.11 Å². The zero-order chi connectivity index (χ0) is 32.5. The fraction of sp³-hybridized carbons (Fsp3) is 0.800. The zero-order valence-electron chi connectivity index (χ0n) is 20.3. The van der Waals surface area contributed by atoms with Gasteiger partial charge in [0.1, 0.15) is 0 Å². The van der Waals surface area contributed by atoms with E-state index in [0.717, 1.165) is 6.42 Å². The van der Waals surface area contributed by atoms with Crippen molar-refractivity contribution in [2.24, 2.45) is 5.41 Å². The first-order chi connectivity index (χ1) is 17.4.